The van der Waals surface area contributed by atoms with Gasteiger partial charge in [-0.05, 0) is 19.4 Å². The van der Waals surface area contributed by atoms with Gasteiger partial charge in [-0.25, -0.2) is 0 Å². The van der Waals surface area contributed by atoms with Crippen LogP contribution in [0.15, 0.2) is 0 Å². The van der Waals surface area contributed by atoms with Gasteiger partial charge in [-0.15, -0.1) is 0 Å². The van der Waals surface area contributed by atoms with Crippen LogP contribution < -0.4 is 5.32 Å². The van der Waals surface area contributed by atoms with E-state index in [-0.39, 0.29) is 5.91 Å². The Morgan fingerprint density at radius 2 is 2.29 bits per heavy atom. The van der Waals surface area contributed by atoms with Gasteiger partial charge in [0.25, 0.3) is 0 Å². The molecular weight excluding hydrogens is 180 g/mol. The molecule has 1 aliphatic rings. The van der Waals surface area contributed by atoms with E-state index in [1.54, 1.807) is 0 Å². The molecular formula is C10H18N2O2. The molecule has 0 bridgehead atoms. The van der Waals surface area contributed by atoms with E-state index < -0.39 is 0 Å². The van der Waals surface area contributed by atoms with Crippen molar-refractivity contribution in [3.8, 4) is 0 Å². The van der Waals surface area contributed by atoms with Crippen LogP contribution in [0, 0.1) is 0 Å². The van der Waals surface area contributed by atoms with Crippen molar-refractivity contribution in [3.05, 3.63) is 0 Å². The fourth-order valence-electron chi connectivity index (χ4n) is 1.29. The molecule has 1 aliphatic carbocycles. The Morgan fingerprint density at radius 1 is 1.57 bits per heavy atom. The van der Waals surface area contributed by atoms with E-state index in [2.05, 4.69) is 5.32 Å². The number of aldehydes is 1. The average molecular weight is 198 g/mol. The lowest BCUT2D eigenvalue weighted by molar-refractivity contribution is -0.122. The Kier molecular flexibility index (Phi) is 4.59. The van der Waals surface area contributed by atoms with Crippen LogP contribution in [-0.4, -0.2) is 42.8 Å². The summed E-state index contributed by atoms with van der Waals surface area (Å²) in [5.41, 5.74) is 0. The molecule has 4 nitrogen and oxygen atoms in total. The Bertz CT molecular complexity index is 202. The predicted molar refractivity (Wildman–Crippen MR) is 54.0 cm³/mol. The van der Waals surface area contributed by atoms with E-state index in [0.29, 0.717) is 25.6 Å². The molecule has 1 saturated carbocycles. The van der Waals surface area contributed by atoms with Gasteiger partial charge in [-0.2, -0.15) is 0 Å². The lowest BCUT2D eigenvalue weighted by Gasteiger charge is -2.18. The first-order valence-corrected chi connectivity index (χ1v) is 5.21. The molecule has 0 aromatic rings. The molecule has 0 aromatic carbocycles. The Balaban J connectivity index is 2.16. The number of nitrogens with zero attached hydrogens (tertiary/aromatic N) is 1. The number of carbonyl (C=O) groups excluding carboxylic acids is 2. The molecule has 0 saturated heterocycles. The Morgan fingerprint density at radius 3 is 2.79 bits per heavy atom. The quantitative estimate of drug-likeness (QED) is 0.593. The second kappa shape index (κ2) is 5.75. The van der Waals surface area contributed by atoms with Gasteiger partial charge in [-0.1, -0.05) is 6.92 Å². The summed E-state index contributed by atoms with van der Waals surface area (Å²) in [7, 11) is 0. The molecule has 0 heterocycles. The number of nitrogens with one attached hydrogen (secondary N) is 1. The molecule has 1 fully saturated rings. The normalized spacial score (nSPS) is 15.6. The maximum absolute atomic E-state index is 11.4. The second-order valence-corrected chi connectivity index (χ2v) is 3.67. The molecule has 0 aromatic heterocycles. The minimum atomic E-state index is 0.0836. The van der Waals surface area contributed by atoms with Gasteiger partial charge in [0, 0.05) is 19.0 Å². The maximum atomic E-state index is 11.4. The van der Waals surface area contributed by atoms with Crippen LogP contribution >= 0.6 is 0 Å². The van der Waals surface area contributed by atoms with Crippen molar-refractivity contribution >= 4 is 12.2 Å². The number of carbonyl (C=O) groups is 2. The van der Waals surface area contributed by atoms with Crippen LogP contribution in [0.2, 0.25) is 0 Å². The summed E-state index contributed by atoms with van der Waals surface area (Å²) >= 11 is 0. The molecule has 14 heavy (non-hydrogen) atoms. The SMILES string of the molecule is CCN(CCC=O)CC(=O)NC1CC1. The van der Waals surface area contributed by atoms with E-state index in [4.69, 9.17) is 0 Å². The largest absolute Gasteiger partial charge is 0.352 e. The van der Waals surface area contributed by atoms with E-state index in [1.165, 1.54) is 0 Å². The zero-order chi connectivity index (χ0) is 10.4. The molecule has 0 unspecified atom stereocenters. The zero-order valence-corrected chi connectivity index (χ0v) is 8.66. The first kappa shape index (κ1) is 11.2. The van der Waals surface area contributed by atoms with Gasteiger partial charge in [-0.3, -0.25) is 9.69 Å². The lowest BCUT2D eigenvalue weighted by Crippen LogP contribution is -2.38. The van der Waals surface area contributed by atoms with Crippen molar-refractivity contribution in [2.75, 3.05) is 19.6 Å². The van der Waals surface area contributed by atoms with Crippen LogP contribution in [0.25, 0.3) is 0 Å². The van der Waals surface area contributed by atoms with E-state index in [0.717, 1.165) is 25.7 Å². The van der Waals surface area contributed by atoms with Crippen LogP contribution in [0.1, 0.15) is 26.2 Å². The standard InChI is InChI=1S/C10H18N2O2/c1-2-12(6-3-7-13)8-10(14)11-9-4-5-9/h7,9H,2-6,8H2,1H3,(H,11,14). The highest BCUT2D eigenvalue weighted by Gasteiger charge is 2.23. The minimum Gasteiger partial charge on any atom is -0.352 e. The van der Waals surface area contributed by atoms with Crippen LogP contribution in [0.5, 0.6) is 0 Å². The van der Waals surface area contributed by atoms with Gasteiger partial charge in [0.05, 0.1) is 6.54 Å². The smallest absolute Gasteiger partial charge is 0.234 e. The summed E-state index contributed by atoms with van der Waals surface area (Å²) in [6.07, 6.45) is 3.63. The molecule has 1 rings (SSSR count). The van der Waals surface area contributed by atoms with Gasteiger partial charge in [0.15, 0.2) is 0 Å². The molecule has 0 radical (unpaired) electrons. The Hall–Kier alpha value is -0.900. The van der Waals surface area contributed by atoms with E-state index >= 15 is 0 Å². The summed E-state index contributed by atoms with van der Waals surface area (Å²) in [6, 6.07) is 0.423. The third-order valence-corrected chi connectivity index (χ3v) is 2.32. The molecule has 1 N–H and O–H groups in total. The highest BCUT2D eigenvalue weighted by atomic mass is 16.2. The number of likely N-dealkylation sites (N-methyl/N-ethyl adjacent to an activating group) is 1. The number of rotatable bonds is 7. The second-order valence-electron chi connectivity index (χ2n) is 3.67. The van der Waals surface area contributed by atoms with Crippen molar-refractivity contribution in [1.29, 1.82) is 0 Å². The number of hydrogen-bond acceptors (Lipinski definition) is 3. The molecule has 0 atom stereocenters. The fourth-order valence-corrected chi connectivity index (χ4v) is 1.29. The fraction of sp³-hybridized carbons (Fsp3) is 0.800. The first-order valence-electron chi connectivity index (χ1n) is 5.21. The highest BCUT2D eigenvalue weighted by molar-refractivity contribution is 5.78. The molecule has 1 amide bonds. The summed E-state index contributed by atoms with van der Waals surface area (Å²) in [6.45, 7) is 3.90. The third kappa shape index (κ3) is 4.37. The third-order valence-electron chi connectivity index (χ3n) is 2.32. The summed E-state index contributed by atoms with van der Waals surface area (Å²) in [4.78, 5) is 23.5. The lowest BCUT2D eigenvalue weighted by atomic mass is 10.4. The molecule has 80 valence electrons. The van der Waals surface area contributed by atoms with Crippen LogP contribution in [-0.2, 0) is 9.59 Å². The van der Waals surface area contributed by atoms with Crippen molar-refractivity contribution in [2.24, 2.45) is 0 Å². The van der Waals surface area contributed by atoms with Crippen molar-refractivity contribution < 1.29 is 9.59 Å². The minimum absolute atomic E-state index is 0.0836. The van der Waals surface area contributed by atoms with Crippen LogP contribution in [0.3, 0.4) is 0 Å². The monoisotopic (exact) mass is 198 g/mol. The summed E-state index contributed by atoms with van der Waals surface area (Å²) in [5, 5.41) is 2.93. The molecule has 0 spiro atoms. The average Bonchev–Trinajstić information content (AvgIpc) is 2.95. The summed E-state index contributed by atoms with van der Waals surface area (Å²) < 4.78 is 0. The molecule has 4 heteroatoms. The van der Waals surface area contributed by atoms with Gasteiger partial charge in [0.1, 0.15) is 6.29 Å². The number of hydrogen-bond donors (Lipinski definition) is 1. The number of amides is 1. The first-order chi connectivity index (χ1) is 6.76. The maximum Gasteiger partial charge on any atom is 0.234 e. The van der Waals surface area contributed by atoms with Gasteiger partial charge in [0.2, 0.25) is 5.91 Å². The van der Waals surface area contributed by atoms with Crippen molar-refractivity contribution in [3.63, 3.8) is 0 Å². The highest BCUT2D eigenvalue weighted by Crippen LogP contribution is 2.18. The van der Waals surface area contributed by atoms with E-state index in [9.17, 15) is 9.59 Å². The van der Waals surface area contributed by atoms with Crippen molar-refractivity contribution in [1.82, 2.24) is 10.2 Å². The van der Waals surface area contributed by atoms with Gasteiger partial charge >= 0.3 is 0 Å². The predicted octanol–water partition coefficient (Wildman–Crippen LogP) is 0.176. The zero-order valence-electron chi connectivity index (χ0n) is 8.66. The van der Waals surface area contributed by atoms with E-state index in [1.807, 2.05) is 11.8 Å². The Labute approximate surface area is 84.7 Å². The van der Waals surface area contributed by atoms with Crippen molar-refractivity contribution in [2.45, 2.75) is 32.2 Å². The van der Waals surface area contributed by atoms with Crippen LogP contribution in [0.4, 0.5) is 0 Å². The molecule has 0 aliphatic heterocycles. The van der Waals surface area contributed by atoms with Gasteiger partial charge < -0.3 is 10.1 Å². The summed E-state index contributed by atoms with van der Waals surface area (Å²) in [5.74, 6) is 0.0836. The topological polar surface area (TPSA) is 49.4 Å².